The summed E-state index contributed by atoms with van der Waals surface area (Å²) < 4.78 is 0. The van der Waals surface area contributed by atoms with Crippen LogP contribution in [0.25, 0.3) is 0 Å². The van der Waals surface area contributed by atoms with Crippen molar-refractivity contribution in [1.29, 1.82) is 0 Å². The summed E-state index contributed by atoms with van der Waals surface area (Å²) in [6.45, 7) is 6.93. The molecule has 0 bridgehead atoms. The second-order valence-corrected chi connectivity index (χ2v) is 6.80. The highest BCUT2D eigenvalue weighted by molar-refractivity contribution is 6.36. The Balaban J connectivity index is 2.19. The topological polar surface area (TPSA) is 32.3 Å². The van der Waals surface area contributed by atoms with Crippen molar-refractivity contribution in [2.45, 2.75) is 32.7 Å². The molecule has 1 unspecified atom stereocenters. The number of rotatable bonds is 5. The number of hydrogen-bond donors (Lipinski definition) is 1. The van der Waals surface area contributed by atoms with Crippen molar-refractivity contribution in [2.24, 2.45) is 5.92 Å². The molecule has 1 aliphatic heterocycles. The molecule has 1 aromatic rings. The van der Waals surface area contributed by atoms with Gasteiger partial charge in [-0.05, 0) is 43.5 Å². The lowest BCUT2D eigenvalue weighted by Gasteiger charge is -2.29. The Labute approximate surface area is 136 Å². The summed E-state index contributed by atoms with van der Waals surface area (Å²) in [6, 6.07) is 5.32. The van der Waals surface area contributed by atoms with E-state index in [1.165, 1.54) is 0 Å². The molecule has 2 rings (SSSR count). The second-order valence-electron chi connectivity index (χ2n) is 5.95. The zero-order valence-electron chi connectivity index (χ0n) is 12.5. The van der Waals surface area contributed by atoms with Gasteiger partial charge in [0.2, 0.25) is 0 Å². The molecule has 116 valence electrons. The van der Waals surface area contributed by atoms with Crippen LogP contribution in [0.4, 0.5) is 0 Å². The van der Waals surface area contributed by atoms with Gasteiger partial charge in [0.1, 0.15) is 0 Å². The third-order valence-electron chi connectivity index (χ3n) is 3.84. The van der Waals surface area contributed by atoms with Gasteiger partial charge in [0.15, 0.2) is 0 Å². The van der Waals surface area contributed by atoms with Gasteiger partial charge in [0, 0.05) is 24.2 Å². The van der Waals surface area contributed by atoms with Crippen LogP contribution in [0.5, 0.6) is 0 Å². The maximum atomic E-state index is 12.8. The lowest BCUT2D eigenvalue weighted by molar-refractivity contribution is 0.0683. The lowest BCUT2D eigenvalue weighted by atomic mass is 10.1. The van der Waals surface area contributed by atoms with Crippen LogP contribution >= 0.6 is 23.2 Å². The van der Waals surface area contributed by atoms with Crippen molar-refractivity contribution in [3.05, 3.63) is 33.8 Å². The molecule has 3 nitrogen and oxygen atoms in total. The van der Waals surface area contributed by atoms with E-state index in [1.807, 2.05) is 4.90 Å². The molecule has 0 radical (unpaired) electrons. The third kappa shape index (κ3) is 4.35. The molecular weight excluding hydrogens is 307 g/mol. The van der Waals surface area contributed by atoms with Gasteiger partial charge in [0.25, 0.3) is 5.91 Å². The molecule has 1 atom stereocenters. The zero-order valence-corrected chi connectivity index (χ0v) is 14.0. The van der Waals surface area contributed by atoms with E-state index >= 15 is 0 Å². The van der Waals surface area contributed by atoms with Crippen molar-refractivity contribution in [3.63, 3.8) is 0 Å². The number of halogens is 2. The molecule has 0 aliphatic carbocycles. The van der Waals surface area contributed by atoms with Gasteiger partial charge in [-0.2, -0.15) is 0 Å². The number of benzene rings is 1. The predicted octanol–water partition coefficient (Wildman–Crippen LogP) is 3.84. The summed E-state index contributed by atoms with van der Waals surface area (Å²) in [4.78, 5) is 14.8. The van der Waals surface area contributed by atoms with Crippen molar-refractivity contribution in [2.75, 3.05) is 19.6 Å². The minimum absolute atomic E-state index is 0.00557. The molecule has 1 heterocycles. The molecule has 0 spiro atoms. The van der Waals surface area contributed by atoms with E-state index in [-0.39, 0.29) is 11.9 Å². The first-order valence-electron chi connectivity index (χ1n) is 7.45. The maximum Gasteiger partial charge on any atom is 0.255 e. The number of amides is 1. The smallest absolute Gasteiger partial charge is 0.255 e. The van der Waals surface area contributed by atoms with Crippen LogP contribution in [0.2, 0.25) is 10.0 Å². The number of carbonyl (C=O) groups is 1. The largest absolute Gasteiger partial charge is 0.334 e. The molecule has 5 heteroatoms. The van der Waals surface area contributed by atoms with E-state index in [9.17, 15) is 4.79 Å². The van der Waals surface area contributed by atoms with Crippen LogP contribution in [0.1, 0.15) is 37.0 Å². The van der Waals surface area contributed by atoms with Gasteiger partial charge in [0.05, 0.1) is 10.6 Å². The van der Waals surface area contributed by atoms with E-state index in [0.29, 0.717) is 21.5 Å². The summed E-state index contributed by atoms with van der Waals surface area (Å²) in [5, 5.41) is 4.30. The summed E-state index contributed by atoms with van der Waals surface area (Å²) in [5.74, 6) is 0.571. The molecule has 21 heavy (non-hydrogen) atoms. The molecule has 1 aliphatic rings. The number of carbonyl (C=O) groups excluding carboxylic acids is 1. The van der Waals surface area contributed by atoms with Crippen LogP contribution in [0.3, 0.4) is 0 Å². The van der Waals surface area contributed by atoms with E-state index < -0.39 is 0 Å². The van der Waals surface area contributed by atoms with Crippen LogP contribution in [-0.2, 0) is 0 Å². The Kier molecular flexibility index (Phi) is 5.91. The fourth-order valence-corrected chi connectivity index (χ4v) is 3.06. The van der Waals surface area contributed by atoms with Crippen molar-refractivity contribution in [3.8, 4) is 0 Å². The summed E-state index contributed by atoms with van der Waals surface area (Å²) in [5.41, 5.74) is 0.539. The molecule has 1 amide bonds. The van der Waals surface area contributed by atoms with Gasteiger partial charge in [-0.15, -0.1) is 0 Å². The van der Waals surface area contributed by atoms with E-state index in [4.69, 9.17) is 23.2 Å². The van der Waals surface area contributed by atoms with Crippen molar-refractivity contribution in [1.82, 2.24) is 10.2 Å². The number of nitrogens with one attached hydrogen (secondary N) is 1. The minimum atomic E-state index is 0.00557. The Morgan fingerprint density at radius 3 is 2.76 bits per heavy atom. The van der Waals surface area contributed by atoms with E-state index in [0.717, 1.165) is 32.5 Å². The average Bonchev–Trinajstić information content (AvgIpc) is 2.92. The predicted molar refractivity (Wildman–Crippen MR) is 88.2 cm³/mol. The Bertz CT molecular complexity index is 499. The van der Waals surface area contributed by atoms with Gasteiger partial charge >= 0.3 is 0 Å². The standard InChI is InChI=1S/C16H22Cl2N2O/c1-11(2)6-8-20(13-5-7-19-10-13)16(21)14-4-3-12(17)9-15(14)18/h3-4,9,11,13,19H,5-8,10H2,1-2H3. The van der Waals surface area contributed by atoms with Crippen LogP contribution in [-0.4, -0.2) is 36.5 Å². The molecule has 1 saturated heterocycles. The molecule has 1 fully saturated rings. The Hall–Kier alpha value is -0.770. The first-order chi connectivity index (χ1) is 9.99. The quantitative estimate of drug-likeness (QED) is 0.890. The maximum absolute atomic E-state index is 12.8. The fraction of sp³-hybridized carbons (Fsp3) is 0.562. The highest BCUT2D eigenvalue weighted by atomic mass is 35.5. The van der Waals surface area contributed by atoms with E-state index in [2.05, 4.69) is 19.2 Å². The van der Waals surface area contributed by atoms with Crippen molar-refractivity contribution >= 4 is 29.1 Å². The van der Waals surface area contributed by atoms with Crippen molar-refractivity contribution < 1.29 is 4.79 Å². The monoisotopic (exact) mass is 328 g/mol. The zero-order chi connectivity index (χ0) is 15.4. The second kappa shape index (κ2) is 7.48. The van der Waals surface area contributed by atoms with Gasteiger partial charge in [-0.25, -0.2) is 0 Å². The fourth-order valence-electron chi connectivity index (χ4n) is 2.57. The van der Waals surface area contributed by atoms with Gasteiger partial charge < -0.3 is 10.2 Å². The SMILES string of the molecule is CC(C)CCN(C(=O)c1ccc(Cl)cc1Cl)C1CCNC1. The molecular formula is C16H22Cl2N2O. The molecule has 0 saturated carbocycles. The lowest BCUT2D eigenvalue weighted by Crippen LogP contribution is -2.42. The number of hydrogen-bond acceptors (Lipinski definition) is 2. The van der Waals surface area contributed by atoms with Crippen LogP contribution < -0.4 is 5.32 Å². The van der Waals surface area contributed by atoms with Gasteiger partial charge in [-0.1, -0.05) is 37.0 Å². The first-order valence-corrected chi connectivity index (χ1v) is 8.21. The first kappa shape index (κ1) is 16.6. The van der Waals surface area contributed by atoms with Crippen LogP contribution in [0, 0.1) is 5.92 Å². The molecule has 1 aromatic carbocycles. The van der Waals surface area contributed by atoms with Crippen LogP contribution in [0.15, 0.2) is 18.2 Å². The summed E-state index contributed by atoms with van der Waals surface area (Å²) in [6.07, 6.45) is 1.99. The normalized spacial score (nSPS) is 18.2. The highest BCUT2D eigenvalue weighted by Crippen LogP contribution is 2.24. The molecule has 0 aromatic heterocycles. The van der Waals surface area contributed by atoms with E-state index in [1.54, 1.807) is 18.2 Å². The molecule has 1 N–H and O–H groups in total. The Morgan fingerprint density at radius 2 is 2.19 bits per heavy atom. The summed E-state index contributed by atoms with van der Waals surface area (Å²) >= 11 is 12.1. The van der Waals surface area contributed by atoms with Gasteiger partial charge in [-0.3, -0.25) is 4.79 Å². The Morgan fingerprint density at radius 1 is 1.43 bits per heavy atom. The number of nitrogens with zero attached hydrogens (tertiary/aromatic N) is 1. The summed E-state index contributed by atoms with van der Waals surface area (Å²) in [7, 11) is 0. The highest BCUT2D eigenvalue weighted by Gasteiger charge is 2.28. The third-order valence-corrected chi connectivity index (χ3v) is 4.39. The minimum Gasteiger partial charge on any atom is -0.334 e. The average molecular weight is 329 g/mol.